The summed E-state index contributed by atoms with van der Waals surface area (Å²) in [7, 11) is 0. The number of hydrogen-bond donors (Lipinski definition) is 1. The summed E-state index contributed by atoms with van der Waals surface area (Å²) in [4.78, 5) is 36.9. The van der Waals surface area contributed by atoms with Crippen molar-refractivity contribution in [2.24, 2.45) is 0 Å². The molecule has 6 nitrogen and oxygen atoms in total. The summed E-state index contributed by atoms with van der Waals surface area (Å²) in [5.41, 5.74) is 1.000. The van der Waals surface area contributed by atoms with E-state index >= 15 is 0 Å². The summed E-state index contributed by atoms with van der Waals surface area (Å²) < 4.78 is 5.41. The molecule has 1 saturated heterocycles. The van der Waals surface area contributed by atoms with Crippen molar-refractivity contribution in [3.05, 3.63) is 29.8 Å². The molecule has 1 fully saturated rings. The summed E-state index contributed by atoms with van der Waals surface area (Å²) in [6.07, 6.45) is 0.152. The maximum Gasteiger partial charge on any atom is 0.338 e. The number of esters is 1. The van der Waals surface area contributed by atoms with Gasteiger partial charge in [-0.1, -0.05) is 24.0 Å². The molecular weight excluding hydrogens is 348 g/mol. The Labute approximate surface area is 149 Å². The molecule has 1 unspecified atom stereocenters. The highest BCUT2D eigenvalue weighted by molar-refractivity contribution is 8.24. The molecule has 1 heterocycles. The molecule has 128 valence electrons. The first-order valence-corrected chi connectivity index (χ1v) is 8.80. The second kappa shape index (κ2) is 8.25. The Morgan fingerprint density at radius 1 is 1.33 bits per heavy atom. The van der Waals surface area contributed by atoms with Gasteiger partial charge in [-0.05, 0) is 38.1 Å². The van der Waals surface area contributed by atoms with Gasteiger partial charge in [0.1, 0.15) is 4.32 Å². The summed E-state index contributed by atoms with van der Waals surface area (Å²) in [5, 5.41) is 2.54. The minimum Gasteiger partial charge on any atom is -0.462 e. The van der Waals surface area contributed by atoms with Crippen LogP contribution >= 0.6 is 24.0 Å². The summed E-state index contributed by atoms with van der Waals surface area (Å²) in [5.74, 6) is -0.682. The van der Waals surface area contributed by atoms with E-state index in [1.54, 1.807) is 38.1 Å². The van der Waals surface area contributed by atoms with Crippen LogP contribution in [0.15, 0.2) is 24.3 Å². The molecular formula is C16H18N2O4S2. The van der Waals surface area contributed by atoms with Crippen LogP contribution in [0.3, 0.4) is 0 Å². The quantitative estimate of drug-likeness (QED) is 0.616. The van der Waals surface area contributed by atoms with E-state index in [4.69, 9.17) is 17.0 Å². The third kappa shape index (κ3) is 4.55. The zero-order chi connectivity index (χ0) is 17.7. The number of amides is 2. The van der Waals surface area contributed by atoms with E-state index in [-0.39, 0.29) is 30.0 Å². The minimum absolute atomic E-state index is 0.0587. The molecule has 0 bridgehead atoms. The number of anilines is 1. The van der Waals surface area contributed by atoms with Gasteiger partial charge in [-0.2, -0.15) is 0 Å². The van der Waals surface area contributed by atoms with Crippen LogP contribution in [0.1, 0.15) is 30.6 Å². The highest BCUT2D eigenvalue weighted by atomic mass is 32.2. The van der Waals surface area contributed by atoms with Crippen molar-refractivity contribution in [3.8, 4) is 0 Å². The van der Waals surface area contributed by atoms with Crippen molar-refractivity contribution in [3.63, 3.8) is 0 Å². The number of nitrogens with zero attached hydrogens (tertiary/aromatic N) is 1. The number of carbonyl (C=O) groups is 3. The first-order chi connectivity index (χ1) is 11.4. The van der Waals surface area contributed by atoms with Crippen LogP contribution in [0.2, 0.25) is 0 Å². The van der Waals surface area contributed by atoms with Gasteiger partial charge >= 0.3 is 5.97 Å². The Balaban J connectivity index is 1.85. The zero-order valence-electron chi connectivity index (χ0n) is 13.4. The monoisotopic (exact) mass is 366 g/mol. The highest BCUT2D eigenvalue weighted by Crippen LogP contribution is 2.26. The number of hydrogen-bond acceptors (Lipinski definition) is 6. The summed E-state index contributed by atoms with van der Waals surface area (Å²) >= 11 is 6.46. The van der Waals surface area contributed by atoms with E-state index in [9.17, 15) is 14.4 Å². The maximum absolute atomic E-state index is 12.0. The van der Waals surface area contributed by atoms with Gasteiger partial charge < -0.3 is 10.1 Å². The van der Waals surface area contributed by atoms with E-state index in [0.717, 1.165) is 0 Å². The Bertz CT molecular complexity index is 661. The van der Waals surface area contributed by atoms with Gasteiger partial charge in [0.25, 0.3) is 0 Å². The van der Waals surface area contributed by atoms with Gasteiger partial charge in [0.05, 0.1) is 17.4 Å². The lowest BCUT2D eigenvalue weighted by Crippen LogP contribution is -2.33. The van der Waals surface area contributed by atoms with Crippen LogP contribution in [0.4, 0.5) is 5.69 Å². The van der Waals surface area contributed by atoms with Crippen molar-refractivity contribution < 1.29 is 19.1 Å². The van der Waals surface area contributed by atoms with Gasteiger partial charge in [-0.15, -0.1) is 0 Å². The SMILES string of the molecule is CCOC(=O)c1ccc(NC(=O)CCN2C(=O)C(C)SC2=S)cc1. The lowest BCUT2D eigenvalue weighted by molar-refractivity contribution is -0.126. The number of rotatable bonds is 6. The van der Waals surface area contributed by atoms with E-state index in [0.29, 0.717) is 22.2 Å². The lowest BCUT2D eigenvalue weighted by Gasteiger charge is -2.14. The normalized spacial score (nSPS) is 17.1. The highest BCUT2D eigenvalue weighted by Gasteiger charge is 2.33. The van der Waals surface area contributed by atoms with Crippen LogP contribution in [0.5, 0.6) is 0 Å². The zero-order valence-corrected chi connectivity index (χ0v) is 15.0. The van der Waals surface area contributed by atoms with Gasteiger partial charge in [0, 0.05) is 18.7 Å². The predicted octanol–water partition coefficient (Wildman–Crippen LogP) is 2.44. The Hall–Kier alpha value is -1.93. The molecule has 1 aromatic rings. The fraction of sp³-hybridized carbons (Fsp3) is 0.375. The van der Waals surface area contributed by atoms with Gasteiger partial charge in [0.15, 0.2) is 0 Å². The van der Waals surface area contributed by atoms with Crippen LogP contribution in [-0.4, -0.2) is 45.4 Å². The van der Waals surface area contributed by atoms with E-state index < -0.39 is 5.97 Å². The number of ether oxygens (including phenoxy) is 1. The summed E-state index contributed by atoms with van der Waals surface area (Å²) in [6.45, 7) is 4.11. The first kappa shape index (κ1) is 18.4. The standard InChI is InChI=1S/C16H18N2O4S2/c1-3-22-15(21)11-4-6-12(7-5-11)17-13(19)8-9-18-14(20)10(2)24-16(18)23/h4-7,10H,3,8-9H2,1-2H3,(H,17,19). The van der Waals surface area contributed by atoms with E-state index in [1.807, 2.05) is 0 Å². The largest absolute Gasteiger partial charge is 0.462 e. The lowest BCUT2D eigenvalue weighted by atomic mass is 10.2. The minimum atomic E-state index is -0.400. The molecule has 2 rings (SSSR count). The average molecular weight is 366 g/mol. The van der Waals surface area contributed by atoms with Crippen LogP contribution in [0.25, 0.3) is 0 Å². The smallest absolute Gasteiger partial charge is 0.338 e. The molecule has 1 atom stereocenters. The molecule has 0 spiro atoms. The van der Waals surface area contributed by atoms with Crippen molar-refractivity contribution in [2.75, 3.05) is 18.5 Å². The molecule has 2 amide bonds. The molecule has 24 heavy (non-hydrogen) atoms. The molecule has 0 saturated carbocycles. The predicted molar refractivity (Wildman–Crippen MR) is 97.0 cm³/mol. The Morgan fingerprint density at radius 2 is 2.00 bits per heavy atom. The fourth-order valence-electron chi connectivity index (χ4n) is 2.12. The summed E-state index contributed by atoms with van der Waals surface area (Å²) in [6, 6.07) is 6.44. The second-order valence-corrected chi connectivity index (χ2v) is 7.09. The second-order valence-electron chi connectivity index (χ2n) is 5.11. The first-order valence-electron chi connectivity index (χ1n) is 7.51. The van der Waals surface area contributed by atoms with Crippen molar-refractivity contribution in [1.82, 2.24) is 4.90 Å². The molecule has 1 aliphatic rings. The van der Waals surface area contributed by atoms with Crippen molar-refractivity contribution in [2.45, 2.75) is 25.5 Å². The molecule has 0 aromatic heterocycles. The van der Waals surface area contributed by atoms with E-state index in [2.05, 4.69) is 5.32 Å². The Kier molecular flexibility index (Phi) is 6.33. The topological polar surface area (TPSA) is 75.7 Å². The number of carbonyl (C=O) groups excluding carboxylic acids is 3. The van der Waals surface area contributed by atoms with Crippen LogP contribution in [-0.2, 0) is 14.3 Å². The Morgan fingerprint density at radius 3 is 2.54 bits per heavy atom. The fourth-order valence-corrected chi connectivity index (χ4v) is 3.57. The van der Waals surface area contributed by atoms with Crippen LogP contribution in [0, 0.1) is 0 Å². The third-order valence-corrected chi connectivity index (χ3v) is 4.84. The molecule has 0 aliphatic carbocycles. The number of thiocarbonyl (C=S) groups is 1. The molecule has 8 heteroatoms. The van der Waals surface area contributed by atoms with Gasteiger partial charge in [-0.3, -0.25) is 14.5 Å². The third-order valence-electron chi connectivity index (χ3n) is 3.35. The van der Waals surface area contributed by atoms with Gasteiger partial charge in [0.2, 0.25) is 11.8 Å². The molecule has 1 N–H and O–H groups in total. The number of benzene rings is 1. The van der Waals surface area contributed by atoms with Gasteiger partial charge in [-0.25, -0.2) is 4.79 Å². The molecule has 1 aliphatic heterocycles. The maximum atomic E-state index is 12.0. The van der Waals surface area contributed by atoms with Crippen molar-refractivity contribution >= 4 is 51.8 Å². The molecule has 1 aromatic carbocycles. The average Bonchev–Trinajstić information content (AvgIpc) is 2.79. The van der Waals surface area contributed by atoms with E-state index in [1.165, 1.54) is 16.7 Å². The van der Waals surface area contributed by atoms with Crippen LogP contribution < -0.4 is 5.32 Å². The van der Waals surface area contributed by atoms with Crippen molar-refractivity contribution in [1.29, 1.82) is 0 Å². The molecule has 0 radical (unpaired) electrons. The number of thioether (sulfide) groups is 1. The number of nitrogens with one attached hydrogen (secondary N) is 1.